The van der Waals surface area contributed by atoms with Gasteiger partial charge < -0.3 is 18.0 Å². The van der Waals surface area contributed by atoms with E-state index in [0.29, 0.717) is 23.1 Å². The van der Waals surface area contributed by atoms with Crippen LogP contribution in [0, 0.1) is 0 Å². The summed E-state index contributed by atoms with van der Waals surface area (Å²) < 4.78 is 18.5. The number of hydrogen-bond donors (Lipinski definition) is 0. The Balaban J connectivity index is 0.967. The van der Waals surface area contributed by atoms with Gasteiger partial charge in [0.15, 0.2) is 17.5 Å². The SMILES string of the molecule is c1ccc(-n2c3ccccc3c3ccc(-c4nc(-c5ccc6oc7ccccc7c6c5)nc(-c5ccc(-n6c7cc8ccccc8cc7c7cc8ccccc8cc76)c6c5oc5c7ccccc7ccc56)n4)cc32)cc1. The number of para-hydroxylation sites is 3. The van der Waals surface area contributed by atoms with Gasteiger partial charge in [-0.15, -0.1) is 0 Å². The van der Waals surface area contributed by atoms with Crippen molar-refractivity contribution in [1.29, 1.82) is 0 Å². The molecule has 0 unspecified atom stereocenters. The third kappa shape index (κ3) is 5.96. The number of nitrogens with zero attached hydrogens (tertiary/aromatic N) is 5. The van der Waals surface area contributed by atoms with Crippen molar-refractivity contribution >= 4 is 120 Å². The van der Waals surface area contributed by atoms with Crippen LogP contribution in [-0.4, -0.2) is 24.1 Å². The smallest absolute Gasteiger partial charge is 0.167 e. The third-order valence-electron chi connectivity index (χ3n) is 15.7. The van der Waals surface area contributed by atoms with E-state index < -0.39 is 0 Å². The highest BCUT2D eigenvalue weighted by Crippen LogP contribution is 2.46. The number of hydrogen-bond acceptors (Lipinski definition) is 5. The lowest BCUT2D eigenvalue weighted by atomic mass is 10.0. The molecule has 0 aliphatic rings. The zero-order valence-electron chi connectivity index (χ0n) is 40.6. The van der Waals surface area contributed by atoms with Crippen LogP contribution in [0.4, 0.5) is 0 Å². The average molecular weight is 970 g/mol. The van der Waals surface area contributed by atoms with Gasteiger partial charge in [0, 0.05) is 59.9 Å². The number of aromatic nitrogens is 5. The molecular formula is C69H39N5O2. The summed E-state index contributed by atoms with van der Waals surface area (Å²) in [5.74, 6) is 1.58. The summed E-state index contributed by atoms with van der Waals surface area (Å²) in [5, 5.41) is 15.6. The van der Waals surface area contributed by atoms with Gasteiger partial charge in [0.05, 0.1) is 38.7 Å². The van der Waals surface area contributed by atoms with Gasteiger partial charge in [-0.3, -0.25) is 0 Å². The van der Waals surface area contributed by atoms with E-state index in [0.717, 1.165) is 105 Å². The van der Waals surface area contributed by atoms with E-state index in [1.807, 2.05) is 30.3 Å². The molecule has 0 atom stereocenters. The molecule has 12 aromatic carbocycles. The van der Waals surface area contributed by atoms with Crippen molar-refractivity contribution in [3.05, 3.63) is 237 Å². The van der Waals surface area contributed by atoms with Gasteiger partial charge in [-0.2, -0.15) is 0 Å². The summed E-state index contributed by atoms with van der Waals surface area (Å²) in [6, 6.07) is 84.0. The molecule has 0 saturated heterocycles. The molecule has 0 radical (unpaired) electrons. The van der Waals surface area contributed by atoms with Gasteiger partial charge in [-0.25, -0.2) is 15.0 Å². The first-order valence-electron chi connectivity index (χ1n) is 25.7. The fourth-order valence-corrected chi connectivity index (χ4v) is 12.2. The molecule has 7 nitrogen and oxygen atoms in total. The Morgan fingerprint density at radius 3 is 1.59 bits per heavy atom. The largest absolute Gasteiger partial charge is 0.456 e. The van der Waals surface area contributed by atoms with Crippen LogP contribution < -0.4 is 0 Å². The summed E-state index contributed by atoms with van der Waals surface area (Å²) in [6.07, 6.45) is 0. The van der Waals surface area contributed by atoms with Crippen molar-refractivity contribution in [2.24, 2.45) is 0 Å². The molecule has 0 amide bonds. The van der Waals surface area contributed by atoms with E-state index in [9.17, 15) is 0 Å². The lowest BCUT2D eigenvalue weighted by Crippen LogP contribution is -2.01. The third-order valence-corrected chi connectivity index (χ3v) is 15.7. The number of fused-ring (bicyclic) bond motifs is 16. The van der Waals surface area contributed by atoms with E-state index in [1.54, 1.807) is 0 Å². The fraction of sp³-hybridized carbons (Fsp3) is 0. The van der Waals surface area contributed by atoms with Gasteiger partial charge in [0.2, 0.25) is 0 Å². The molecule has 352 valence electrons. The lowest BCUT2D eigenvalue weighted by Gasteiger charge is -2.13. The zero-order valence-corrected chi connectivity index (χ0v) is 40.6. The molecule has 5 aromatic heterocycles. The van der Waals surface area contributed by atoms with Crippen molar-refractivity contribution in [2.45, 2.75) is 0 Å². The second-order valence-corrected chi connectivity index (χ2v) is 19.9. The lowest BCUT2D eigenvalue weighted by molar-refractivity contribution is 0.669. The predicted molar refractivity (Wildman–Crippen MR) is 312 cm³/mol. The minimum atomic E-state index is 0.500. The molecule has 76 heavy (non-hydrogen) atoms. The van der Waals surface area contributed by atoms with Gasteiger partial charge in [-0.1, -0.05) is 146 Å². The standard InChI is InChI=1S/C69H39N5O2/c1-2-19-47(20-3-1)73-57-24-12-10-22-49(57)50-29-27-46(39-59(50)73)68-70-67(45-28-33-63-56(36-45)51-23-11-13-25-62(51)75-63)71-69(72-68)53-31-32-58(64-52-30-26-40-14-8-9-21-48(40)65(52)76-66(53)64)74-60-37-43-17-6-4-15-41(43)34-54(60)55-35-42-16-5-7-18-44(42)38-61(55)74/h1-39H. The first-order chi connectivity index (χ1) is 37.6. The van der Waals surface area contributed by atoms with Crippen LogP contribution in [0.2, 0.25) is 0 Å². The maximum atomic E-state index is 7.37. The van der Waals surface area contributed by atoms with Gasteiger partial charge in [0.25, 0.3) is 0 Å². The topological polar surface area (TPSA) is 74.8 Å². The number of benzene rings is 12. The summed E-state index contributed by atoms with van der Waals surface area (Å²) in [6.45, 7) is 0. The molecule has 17 rings (SSSR count). The molecule has 0 aliphatic heterocycles. The molecule has 7 heteroatoms. The molecule has 0 N–H and O–H groups in total. The Kier molecular flexibility index (Phi) is 8.43. The van der Waals surface area contributed by atoms with Crippen molar-refractivity contribution < 1.29 is 8.83 Å². The second kappa shape index (κ2) is 15.6. The normalized spacial score (nSPS) is 12.2. The highest BCUT2D eigenvalue weighted by Gasteiger charge is 2.25. The van der Waals surface area contributed by atoms with Gasteiger partial charge in [0.1, 0.15) is 22.3 Å². The van der Waals surface area contributed by atoms with Crippen LogP contribution in [-0.2, 0) is 0 Å². The molecular weight excluding hydrogens is 931 g/mol. The van der Waals surface area contributed by atoms with E-state index in [2.05, 4.69) is 215 Å². The van der Waals surface area contributed by atoms with Crippen LogP contribution in [0.15, 0.2) is 245 Å². The Morgan fingerprint density at radius 2 is 0.842 bits per heavy atom. The minimum absolute atomic E-state index is 0.500. The summed E-state index contributed by atoms with van der Waals surface area (Å²) in [4.78, 5) is 16.3. The van der Waals surface area contributed by atoms with Crippen LogP contribution in [0.3, 0.4) is 0 Å². The van der Waals surface area contributed by atoms with Crippen molar-refractivity contribution in [3.63, 3.8) is 0 Å². The first kappa shape index (κ1) is 41.1. The van der Waals surface area contributed by atoms with Gasteiger partial charge in [-0.05, 0) is 118 Å². The van der Waals surface area contributed by atoms with E-state index in [-0.39, 0.29) is 0 Å². The van der Waals surface area contributed by atoms with Crippen LogP contribution in [0.1, 0.15) is 0 Å². The summed E-state index contributed by atoms with van der Waals surface area (Å²) >= 11 is 0. The molecule has 0 bridgehead atoms. The predicted octanol–water partition coefficient (Wildman–Crippen LogP) is 18.3. The number of rotatable bonds is 5. The highest BCUT2D eigenvalue weighted by atomic mass is 16.3. The first-order valence-corrected chi connectivity index (χ1v) is 25.7. The maximum absolute atomic E-state index is 7.37. The second-order valence-electron chi connectivity index (χ2n) is 19.9. The molecule has 0 spiro atoms. The maximum Gasteiger partial charge on any atom is 0.167 e. The Labute approximate surface area is 432 Å². The van der Waals surface area contributed by atoms with Gasteiger partial charge >= 0.3 is 0 Å². The molecule has 0 saturated carbocycles. The van der Waals surface area contributed by atoms with Crippen molar-refractivity contribution in [2.75, 3.05) is 0 Å². The van der Waals surface area contributed by atoms with E-state index in [1.165, 1.54) is 37.7 Å². The molecule has 17 aromatic rings. The van der Waals surface area contributed by atoms with E-state index in [4.69, 9.17) is 23.8 Å². The summed E-state index contributed by atoms with van der Waals surface area (Å²) in [5.41, 5.74) is 12.1. The Hall–Kier alpha value is -10.4. The minimum Gasteiger partial charge on any atom is -0.456 e. The fourth-order valence-electron chi connectivity index (χ4n) is 12.2. The monoisotopic (exact) mass is 969 g/mol. The number of furan rings is 2. The van der Waals surface area contributed by atoms with Crippen molar-refractivity contribution in [3.8, 4) is 45.5 Å². The summed E-state index contributed by atoms with van der Waals surface area (Å²) in [7, 11) is 0. The van der Waals surface area contributed by atoms with Crippen LogP contribution in [0.25, 0.3) is 165 Å². The molecule has 0 fully saturated rings. The highest BCUT2D eigenvalue weighted by molar-refractivity contribution is 6.23. The zero-order chi connectivity index (χ0) is 49.6. The molecule has 5 heterocycles. The quantitative estimate of drug-likeness (QED) is 0.172. The Bertz CT molecular complexity index is 5220. The Morgan fingerprint density at radius 1 is 0.289 bits per heavy atom. The average Bonchev–Trinajstić information content (AvgIpc) is 4.42. The van der Waals surface area contributed by atoms with Crippen molar-refractivity contribution in [1.82, 2.24) is 24.1 Å². The molecule has 0 aliphatic carbocycles. The van der Waals surface area contributed by atoms with Crippen LogP contribution >= 0.6 is 0 Å². The van der Waals surface area contributed by atoms with Crippen LogP contribution in [0.5, 0.6) is 0 Å². The van der Waals surface area contributed by atoms with E-state index >= 15 is 0 Å².